The van der Waals surface area contributed by atoms with Gasteiger partial charge in [0.15, 0.2) is 0 Å². The van der Waals surface area contributed by atoms with Crippen LogP contribution in [-0.2, 0) is 24.4 Å². The standard InChI is InChI=1S/C32H37N3O2/c1-30(2)23-32(24-31(3,4)35(30)22-27-18-12-7-13-19-27)28(36)33(20-25-14-8-5-9-15-25)29(37)34(32)21-26-16-10-6-11-17-26/h5-19H,20-24H2,1-4H3. The molecular weight excluding hydrogens is 458 g/mol. The molecule has 0 aromatic heterocycles. The van der Waals surface area contributed by atoms with Crippen molar-refractivity contribution >= 4 is 11.9 Å². The second-order valence-electron chi connectivity index (χ2n) is 11.8. The molecule has 2 fully saturated rings. The Kier molecular flexibility index (Phi) is 6.45. The predicted molar refractivity (Wildman–Crippen MR) is 146 cm³/mol. The van der Waals surface area contributed by atoms with Gasteiger partial charge in [-0.1, -0.05) is 91.0 Å². The Morgan fingerprint density at radius 3 is 1.46 bits per heavy atom. The fourth-order valence-corrected chi connectivity index (χ4v) is 6.71. The van der Waals surface area contributed by atoms with E-state index in [0.29, 0.717) is 25.9 Å². The summed E-state index contributed by atoms with van der Waals surface area (Å²) in [6, 6.07) is 30.1. The van der Waals surface area contributed by atoms with E-state index in [-0.39, 0.29) is 23.0 Å². The minimum atomic E-state index is -0.901. The molecule has 192 valence electrons. The summed E-state index contributed by atoms with van der Waals surface area (Å²) in [5.41, 5.74) is 1.71. The third kappa shape index (κ3) is 4.69. The molecular formula is C32H37N3O2. The van der Waals surface area contributed by atoms with Crippen molar-refractivity contribution in [1.82, 2.24) is 14.7 Å². The van der Waals surface area contributed by atoms with Gasteiger partial charge >= 0.3 is 6.03 Å². The highest BCUT2D eigenvalue weighted by Crippen LogP contribution is 2.50. The van der Waals surface area contributed by atoms with Gasteiger partial charge in [0.05, 0.1) is 6.54 Å². The minimum Gasteiger partial charge on any atom is -0.305 e. The Bertz CT molecular complexity index is 1240. The molecule has 0 radical (unpaired) electrons. The van der Waals surface area contributed by atoms with Gasteiger partial charge in [-0.25, -0.2) is 4.79 Å². The Morgan fingerprint density at radius 1 is 0.595 bits per heavy atom. The number of carbonyl (C=O) groups excluding carboxylic acids is 2. The second kappa shape index (κ2) is 9.46. The summed E-state index contributed by atoms with van der Waals surface area (Å²) in [6.07, 6.45) is 1.16. The summed E-state index contributed by atoms with van der Waals surface area (Å²) < 4.78 is 0. The maximum atomic E-state index is 14.4. The molecule has 1 spiro atoms. The number of urea groups is 1. The summed E-state index contributed by atoms with van der Waals surface area (Å²) in [4.78, 5) is 34.3. The number of benzene rings is 3. The number of piperidine rings is 1. The van der Waals surface area contributed by atoms with E-state index in [1.165, 1.54) is 10.5 Å². The van der Waals surface area contributed by atoms with Gasteiger partial charge in [0.25, 0.3) is 5.91 Å². The molecule has 2 aliphatic heterocycles. The first-order valence-electron chi connectivity index (χ1n) is 13.2. The van der Waals surface area contributed by atoms with Gasteiger partial charge in [0, 0.05) is 24.2 Å². The molecule has 2 saturated heterocycles. The predicted octanol–water partition coefficient (Wildman–Crippen LogP) is 6.24. The zero-order valence-corrected chi connectivity index (χ0v) is 22.4. The van der Waals surface area contributed by atoms with Crippen LogP contribution in [0.2, 0.25) is 0 Å². The van der Waals surface area contributed by atoms with Gasteiger partial charge in [0.2, 0.25) is 0 Å². The molecule has 5 heteroatoms. The van der Waals surface area contributed by atoms with E-state index in [1.807, 2.05) is 71.6 Å². The van der Waals surface area contributed by atoms with Crippen LogP contribution in [0.4, 0.5) is 4.79 Å². The minimum absolute atomic E-state index is 0.0715. The number of hydrogen-bond donors (Lipinski definition) is 0. The van der Waals surface area contributed by atoms with Gasteiger partial charge in [0.1, 0.15) is 5.54 Å². The molecule has 0 unspecified atom stereocenters. The second-order valence-corrected chi connectivity index (χ2v) is 11.8. The van der Waals surface area contributed by atoms with Crippen molar-refractivity contribution in [1.29, 1.82) is 0 Å². The van der Waals surface area contributed by atoms with E-state index in [0.717, 1.165) is 17.7 Å². The van der Waals surface area contributed by atoms with Crippen LogP contribution in [-0.4, -0.2) is 43.3 Å². The SMILES string of the molecule is CC1(C)CC2(CC(C)(C)N1Cc1ccccc1)C(=O)N(Cc1ccccc1)C(=O)N2Cc1ccccc1. The highest BCUT2D eigenvalue weighted by Gasteiger charge is 2.64. The van der Waals surface area contributed by atoms with Crippen LogP contribution in [0.1, 0.15) is 57.2 Å². The summed E-state index contributed by atoms with van der Waals surface area (Å²) in [7, 11) is 0. The topological polar surface area (TPSA) is 43.9 Å². The molecule has 37 heavy (non-hydrogen) atoms. The van der Waals surface area contributed by atoms with Crippen molar-refractivity contribution in [2.45, 2.75) is 76.8 Å². The number of imide groups is 1. The molecule has 2 aliphatic rings. The average molecular weight is 496 g/mol. The lowest BCUT2D eigenvalue weighted by molar-refractivity contribution is -0.148. The van der Waals surface area contributed by atoms with E-state index < -0.39 is 5.54 Å². The van der Waals surface area contributed by atoms with E-state index in [2.05, 4.69) is 56.9 Å². The third-order valence-corrected chi connectivity index (χ3v) is 8.08. The first-order valence-corrected chi connectivity index (χ1v) is 13.2. The molecule has 0 aliphatic carbocycles. The molecule has 2 heterocycles. The van der Waals surface area contributed by atoms with Gasteiger partial charge in [-0.15, -0.1) is 0 Å². The summed E-state index contributed by atoms with van der Waals surface area (Å²) in [6.45, 7) is 10.4. The smallest absolute Gasteiger partial charge is 0.305 e. The van der Waals surface area contributed by atoms with Crippen molar-refractivity contribution in [2.24, 2.45) is 0 Å². The lowest BCUT2D eigenvalue weighted by Gasteiger charge is -2.59. The molecule has 3 aromatic rings. The largest absolute Gasteiger partial charge is 0.328 e. The van der Waals surface area contributed by atoms with Crippen molar-refractivity contribution in [3.63, 3.8) is 0 Å². The molecule has 0 saturated carbocycles. The van der Waals surface area contributed by atoms with Crippen LogP contribution >= 0.6 is 0 Å². The van der Waals surface area contributed by atoms with Gasteiger partial charge in [-0.2, -0.15) is 0 Å². The number of carbonyl (C=O) groups is 2. The Labute approximate surface area is 220 Å². The van der Waals surface area contributed by atoms with Gasteiger partial charge in [-0.05, 0) is 57.2 Å². The zero-order valence-electron chi connectivity index (χ0n) is 22.4. The first kappa shape index (κ1) is 25.2. The van der Waals surface area contributed by atoms with Crippen LogP contribution in [0.25, 0.3) is 0 Å². The fourth-order valence-electron chi connectivity index (χ4n) is 6.71. The highest BCUT2D eigenvalue weighted by molar-refractivity contribution is 6.07. The normalized spacial score (nSPS) is 20.5. The van der Waals surface area contributed by atoms with Crippen molar-refractivity contribution < 1.29 is 9.59 Å². The van der Waals surface area contributed by atoms with Gasteiger partial charge in [-0.3, -0.25) is 14.6 Å². The van der Waals surface area contributed by atoms with Gasteiger partial charge < -0.3 is 4.90 Å². The first-order chi connectivity index (χ1) is 17.6. The summed E-state index contributed by atoms with van der Waals surface area (Å²) >= 11 is 0. The van der Waals surface area contributed by atoms with Crippen molar-refractivity contribution in [2.75, 3.05) is 0 Å². The maximum Gasteiger partial charge on any atom is 0.328 e. The maximum absolute atomic E-state index is 14.4. The number of hydrogen-bond acceptors (Lipinski definition) is 3. The molecule has 5 nitrogen and oxygen atoms in total. The van der Waals surface area contributed by atoms with Crippen LogP contribution < -0.4 is 0 Å². The van der Waals surface area contributed by atoms with Crippen molar-refractivity contribution in [3.8, 4) is 0 Å². The molecule has 3 aromatic carbocycles. The lowest BCUT2D eigenvalue weighted by Crippen LogP contribution is -2.69. The zero-order chi connectivity index (χ0) is 26.3. The van der Waals surface area contributed by atoms with E-state index in [4.69, 9.17) is 0 Å². The Balaban J connectivity index is 1.54. The number of nitrogens with zero attached hydrogens (tertiary/aromatic N) is 3. The van der Waals surface area contributed by atoms with Crippen LogP contribution in [0.15, 0.2) is 91.0 Å². The Morgan fingerprint density at radius 2 is 1.00 bits per heavy atom. The van der Waals surface area contributed by atoms with E-state index in [9.17, 15) is 9.59 Å². The van der Waals surface area contributed by atoms with E-state index in [1.54, 1.807) is 0 Å². The summed E-state index contributed by atoms with van der Waals surface area (Å²) in [5, 5.41) is 0. The molecule has 0 N–H and O–H groups in total. The average Bonchev–Trinajstić information content (AvgIpc) is 3.04. The van der Waals surface area contributed by atoms with E-state index >= 15 is 0 Å². The number of amides is 3. The Hall–Kier alpha value is -3.44. The fraction of sp³-hybridized carbons (Fsp3) is 0.375. The quantitative estimate of drug-likeness (QED) is 0.380. The van der Waals surface area contributed by atoms with Crippen molar-refractivity contribution in [3.05, 3.63) is 108 Å². The highest BCUT2D eigenvalue weighted by atomic mass is 16.2. The molecule has 3 amide bonds. The molecule has 0 atom stereocenters. The molecule has 0 bridgehead atoms. The van der Waals surface area contributed by atoms with Crippen LogP contribution in [0.3, 0.4) is 0 Å². The van der Waals surface area contributed by atoms with Crippen LogP contribution in [0, 0.1) is 0 Å². The number of rotatable bonds is 6. The monoisotopic (exact) mass is 495 g/mol. The van der Waals surface area contributed by atoms with Crippen LogP contribution in [0.5, 0.6) is 0 Å². The third-order valence-electron chi connectivity index (χ3n) is 8.08. The molecule has 5 rings (SSSR count). The lowest BCUT2D eigenvalue weighted by atomic mass is 9.68. The number of likely N-dealkylation sites (tertiary alicyclic amines) is 1. The summed E-state index contributed by atoms with van der Waals surface area (Å²) in [5.74, 6) is -0.0715.